The minimum absolute atomic E-state index is 0.171. The maximum Gasteiger partial charge on any atom is 0.213 e. The second kappa shape index (κ2) is 11.0. The van der Waals surface area contributed by atoms with E-state index in [9.17, 15) is 4.79 Å². The van der Waals surface area contributed by atoms with Gasteiger partial charge in [-0.2, -0.15) is 5.10 Å². The number of thiazole rings is 1. The van der Waals surface area contributed by atoms with Gasteiger partial charge in [-0.25, -0.2) is 4.98 Å². The standard InChI is InChI=1S/C28H24N4O2S/c33-27(23-14-8-3-9-15-23)26(22-12-6-2-7-13-22)31-29-20-24-25(21-10-4-1-5-11-21)30-28(35-24)32-16-18-34-19-17-32/h1-15,20H,16-19H2/b29-20+,31-26+. The van der Waals surface area contributed by atoms with Crippen LogP contribution in [0.25, 0.3) is 11.3 Å². The third kappa shape index (κ3) is 5.42. The van der Waals surface area contributed by atoms with Crippen molar-refractivity contribution in [1.82, 2.24) is 4.98 Å². The summed E-state index contributed by atoms with van der Waals surface area (Å²) >= 11 is 1.57. The Labute approximate surface area is 208 Å². The van der Waals surface area contributed by atoms with Crippen molar-refractivity contribution >= 4 is 34.2 Å². The summed E-state index contributed by atoms with van der Waals surface area (Å²) in [6, 6.07) is 28.6. The number of aromatic nitrogens is 1. The van der Waals surface area contributed by atoms with Crippen LogP contribution in [0.15, 0.2) is 101 Å². The van der Waals surface area contributed by atoms with E-state index in [1.807, 2.05) is 78.9 Å². The molecule has 1 saturated heterocycles. The van der Waals surface area contributed by atoms with Crippen molar-refractivity contribution in [3.8, 4) is 11.3 Å². The molecular formula is C28H24N4O2S. The van der Waals surface area contributed by atoms with Crippen LogP contribution in [0.5, 0.6) is 0 Å². The van der Waals surface area contributed by atoms with Crippen LogP contribution in [0.4, 0.5) is 5.13 Å². The van der Waals surface area contributed by atoms with E-state index in [4.69, 9.17) is 9.72 Å². The first-order chi connectivity index (χ1) is 17.3. The SMILES string of the molecule is O=C(/C(=N/N=C/c1sc(N2CCOCC2)nc1-c1ccccc1)c1ccccc1)c1ccccc1. The lowest BCUT2D eigenvalue weighted by atomic mass is 10.0. The van der Waals surface area contributed by atoms with E-state index in [1.165, 1.54) is 0 Å². The van der Waals surface area contributed by atoms with Gasteiger partial charge in [-0.3, -0.25) is 4.79 Å². The number of Topliss-reactive ketones (excluding diaryl/α,β-unsaturated/α-hetero) is 1. The molecule has 0 unspecified atom stereocenters. The van der Waals surface area contributed by atoms with Crippen LogP contribution in [0.3, 0.4) is 0 Å². The van der Waals surface area contributed by atoms with Crippen LogP contribution in [-0.4, -0.2) is 49.0 Å². The van der Waals surface area contributed by atoms with Gasteiger partial charge in [0.2, 0.25) is 5.78 Å². The number of carbonyl (C=O) groups is 1. The Morgan fingerprint density at radius 2 is 1.46 bits per heavy atom. The second-order valence-electron chi connectivity index (χ2n) is 7.93. The number of hydrogen-bond acceptors (Lipinski definition) is 7. The first-order valence-electron chi connectivity index (χ1n) is 11.4. The number of ketones is 1. The number of nitrogens with zero attached hydrogens (tertiary/aromatic N) is 4. The van der Waals surface area contributed by atoms with Gasteiger partial charge in [0.15, 0.2) is 5.13 Å². The van der Waals surface area contributed by atoms with Crippen LogP contribution in [0, 0.1) is 0 Å². The molecule has 1 aromatic heterocycles. The van der Waals surface area contributed by atoms with E-state index in [0.717, 1.165) is 39.9 Å². The fourth-order valence-corrected chi connectivity index (χ4v) is 4.80. The Bertz CT molecular complexity index is 1330. The molecule has 4 aromatic rings. The molecule has 6 nitrogen and oxygen atoms in total. The predicted octanol–water partition coefficient (Wildman–Crippen LogP) is 5.35. The molecule has 0 aliphatic carbocycles. The molecule has 0 N–H and O–H groups in total. The van der Waals surface area contributed by atoms with Gasteiger partial charge < -0.3 is 9.64 Å². The lowest BCUT2D eigenvalue weighted by Crippen LogP contribution is -2.36. The maximum atomic E-state index is 13.3. The van der Waals surface area contributed by atoms with Crippen molar-refractivity contribution in [3.05, 3.63) is 107 Å². The molecule has 7 heteroatoms. The fourth-order valence-electron chi connectivity index (χ4n) is 3.80. The molecule has 1 fully saturated rings. The van der Waals surface area contributed by atoms with Gasteiger partial charge in [0.05, 0.1) is 30.0 Å². The van der Waals surface area contributed by atoms with Crippen molar-refractivity contribution in [3.63, 3.8) is 0 Å². The Balaban J connectivity index is 1.51. The summed E-state index contributed by atoms with van der Waals surface area (Å²) < 4.78 is 5.49. The second-order valence-corrected chi connectivity index (χ2v) is 8.94. The molecular weight excluding hydrogens is 456 g/mol. The Morgan fingerprint density at radius 1 is 0.857 bits per heavy atom. The third-order valence-corrected chi connectivity index (χ3v) is 6.65. The fraction of sp³-hybridized carbons (Fsp3) is 0.143. The smallest absolute Gasteiger partial charge is 0.213 e. The molecule has 1 aliphatic heterocycles. The summed E-state index contributed by atoms with van der Waals surface area (Å²) in [6.07, 6.45) is 1.70. The zero-order chi connectivity index (χ0) is 23.9. The van der Waals surface area contributed by atoms with Gasteiger partial charge in [-0.1, -0.05) is 102 Å². The zero-order valence-electron chi connectivity index (χ0n) is 19.1. The van der Waals surface area contributed by atoms with Crippen molar-refractivity contribution in [2.24, 2.45) is 10.2 Å². The molecule has 0 bridgehead atoms. The molecule has 35 heavy (non-hydrogen) atoms. The van der Waals surface area contributed by atoms with Gasteiger partial charge in [0, 0.05) is 29.8 Å². The van der Waals surface area contributed by atoms with E-state index in [-0.39, 0.29) is 5.78 Å². The highest BCUT2D eigenvalue weighted by atomic mass is 32.1. The van der Waals surface area contributed by atoms with Crippen LogP contribution in [-0.2, 0) is 4.74 Å². The van der Waals surface area contributed by atoms with E-state index in [0.29, 0.717) is 24.5 Å². The topological polar surface area (TPSA) is 67.2 Å². The average Bonchev–Trinajstić information content (AvgIpc) is 3.37. The Kier molecular flexibility index (Phi) is 7.17. The van der Waals surface area contributed by atoms with Crippen LogP contribution < -0.4 is 4.90 Å². The number of anilines is 1. The van der Waals surface area contributed by atoms with Crippen LogP contribution in [0.2, 0.25) is 0 Å². The molecule has 0 amide bonds. The molecule has 5 rings (SSSR count). The molecule has 0 radical (unpaired) electrons. The first-order valence-corrected chi connectivity index (χ1v) is 12.3. The van der Waals surface area contributed by atoms with Gasteiger partial charge in [-0.05, 0) is 0 Å². The van der Waals surface area contributed by atoms with E-state index >= 15 is 0 Å². The first kappa shape index (κ1) is 22.8. The van der Waals surface area contributed by atoms with Crippen molar-refractivity contribution in [2.45, 2.75) is 0 Å². The summed E-state index contributed by atoms with van der Waals surface area (Å²) in [5.41, 5.74) is 3.46. The summed E-state index contributed by atoms with van der Waals surface area (Å²) in [5, 5.41) is 9.71. The lowest BCUT2D eigenvalue weighted by molar-refractivity contribution is 0.106. The number of morpholine rings is 1. The molecule has 0 spiro atoms. The van der Waals surface area contributed by atoms with Crippen molar-refractivity contribution < 1.29 is 9.53 Å². The molecule has 0 saturated carbocycles. The minimum Gasteiger partial charge on any atom is -0.378 e. The van der Waals surface area contributed by atoms with Gasteiger partial charge in [0.25, 0.3) is 0 Å². The largest absolute Gasteiger partial charge is 0.378 e. The van der Waals surface area contributed by atoms with Gasteiger partial charge >= 0.3 is 0 Å². The van der Waals surface area contributed by atoms with E-state index in [2.05, 4.69) is 15.1 Å². The van der Waals surface area contributed by atoms with Crippen LogP contribution >= 0.6 is 11.3 Å². The molecule has 0 atom stereocenters. The molecule has 3 aromatic carbocycles. The summed E-state index contributed by atoms with van der Waals surface area (Å²) in [5.74, 6) is -0.171. The van der Waals surface area contributed by atoms with E-state index < -0.39 is 0 Å². The Hall–Kier alpha value is -3.94. The van der Waals surface area contributed by atoms with Crippen LogP contribution in [0.1, 0.15) is 20.8 Å². The summed E-state index contributed by atoms with van der Waals surface area (Å²) in [4.78, 5) is 21.3. The highest BCUT2D eigenvalue weighted by molar-refractivity contribution is 7.17. The molecule has 2 heterocycles. The number of hydrogen-bond donors (Lipinski definition) is 0. The van der Waals surface area contributed by atoms with Gasteiger partial charge in [0.1, 0.15) is 5.71 Å². The normalized spacial score (nSPS) is 14.4. The highest BCUT2D eigenvalue weighted by Gasteiger charge is 2.19. The average molecular weight is 481 g/mol. The number of carbonyl (C=O) groups excluding carboxylic acids is 1. The predicted molar refractivity (Wildman–Crippen MR) is 142 cm³/mol. The number of benzene rings is 3. The summed E-state index contributed by atoms with van der Waals surface area (Å²) in [7, 11) is 0. The quantitative estimate of drug-likeness (QED) is 0.203. The number of rotatable bonds is 7. The van der Waals surface area contributed by atoms with Crippen molar-refractivity contribution in [2.75, 3.05) is 31.2 Å². The zero-order valence-corrected chi connectivity index (χ0v) is 19.9. The van der Waals surface area contributed by atoms with Gasteiger partial charge in [-0.15, -0.1) is 5.10 Å². The maximum absolute atomic E-state index is 13.3. The number of ether oxygens (including phenoxy) is 1. The Morgan fingerprint density at radius 3 is 2.11 bits per heavy atom. The third-order valence-electron chi connectivity index (χ3n) is 5.60. The monoisotopic (exact) mass is 480 g/mol. The molecule has 174 valence electrons. The summed E-state index contributed by atoms with van der Waals surface area (Å²) in [6.45, 7) is 2.99. The minimum atomic E-state index is -0.171. The lowest BCUT2D eigenvalue weighted by Gasteiger charge is -2.26. The molecule has 1 aliphatic rings. The highest BCUT2D eigenvalue weighted by Crippen LogP contribution is 2.32. The van der Waals surface area contributed by atoms with Crippen molar-refractivity contribution in [1.29, 1.82) is 0 Å². The van der Waals surface area contributed by atoms with E-state index in [1.54, 1.807) is 29.7 Å².